The lowest BCUT2D eigenvalue weighted by Crippen LogP contribution is -2.53. The first-order valence-corrected chi connectivity index (χ1v) is 8.60. The van der Waals surface area contributed by atoms with Gasteiger partial charge in [0.15, 0.2) is 9.84 Å². The fourth-order valence-corrected chi connectivity index (χ4v) is 4.82. The molecule has 7 nitrogen and oxygen atoms in total. The van der Waals surface area contributed by atoms with Crippen LogP contribution in [0.5, 0.6) is 0 Å². The van der Waals surface area contributed by atoms with Gasteiger partial charge in [-0.05, 0) is 13.3 Å². The van der Waals surface area contributed by atoms with Gasteiger partial charge in [0.1, 0.15) is 0 Å². The molecule has 0 aromatic heterocycles. The lowest BCUT2D eigenvalue weighted by molar-refractivity contribution is -0.126. The molecule has 2 aliphatic heterocycles. The van der Waals surface area contributed by atoms with E-state index in [-0.39, 0.29) is 36.7 Å². The number of ether oxygens (including phenoxy) is 1. The number of sulfone groups is 1. The summed E-state index contributed by atoms with van der Waals surface area (Å²) in [6.07, 6.45) is 0.211. The van der Waals surface area contributed by atoms with Crippen LogP contribution in [0.1, 0.15) is 13.3 Å². The van der Waals surface area contributed by atoms with Gasteiger partial charge in [-0.2, -0.15) is 0 Å². The van der Waals surface area contributed by atoms with Crippen LogP contribution in [0.25, 0.3) is 0 Å². The summed E-state index contributed by atoms with van der Waals surface area (Å²) in [5.41, 5.74) is -0.654. The van der Waals surface area contributed by atoms with Crippen LogP contribution in [0.4, 0.5) is 0 Å². The Bertz CT molecular complexity index is 466. The number of carbonyl (C=O) groups is 1. The van der Waals surface area contributed by atoms with E-state index in [0.717, 1.165) is 0 Å². The highest BCUT2D eigenvalue weighted by Crippen LogP contribution is 2.22. The predicted octanol–water partition coefficient (Wildman–Crippen LogP) is -1.63. The number of nitrogens with one attached hydrogen (secondary N) is 1. The van der Waals surface area contributed by atoms with Gasteiger partial charge in [-0.15, -0.1) is 0 Å². The average Bonchev–Trinajstić information content (AvgIpc) is 2.63. The van der Waals surface area contributed by atoms with Crippen molar-refractivity contribution in [2.24, 2.45) is 0 Å². The molecular formula is C12H22N2O5S. The molecule has 0 aromatic rings. The smallest absolute Gasteiger partial charge is 0.234 e. The summed E-state index contributed by atoms with van der Waals surface area (Å²) < 4.78 is 28.3. The maximum absolute atomic E-state index is 12.0. The average molecular weight is 306 g/mol. The molecule has 2 rings (SSSR count). The van der Waals surface area contributed by atoms with Gasteiger partial charge in [-0.1, -0.05) is 0 Å². The van der Waals surface area contributed by atoms with Gasteiger partial charge in [0, 0.05) is 13.1 Å². The highest BCUT2D eigenvalue weighted by Gasteiger charge is 2.39. The molecule has 116 valence electrons. The van der Waals surface area contributed by atoms with E-state index in [4.69, 9.17) is 9.84 Å². The summed E-state index contributed by atoms with van der Waals surface area (Å²) >= 11 is 0. The molecule has 0 saturated carbocycles. The van der Waals surface area contributed by atoms with Gasteiger partial charge < -0.3 is 15.2 Å². The largest absolute Gasteiger partial charge is 0.394 e. The second kappa shape index (κ2) is 5.97. The van der Waals surface area contributed by atoms with Crippen LogP contribution in [0.3, 0.4) is 0 Å². The molecule has 2 aliphatic rings. The van der Waals surface area contributed by atoms with Crippen LogP contribution in [0.2, 0.25) is 0 Å². The zero-order valence-corrected chi connectivity index (χ0v) is 12.5. The van der Waals surface area contributed by atoms with Crippen molar-refractivity contribution in [2.75, 3.05) is 44.4 Å². The van der Waals surface area contributed by atoms with Crippen LogP contribution in [0, 0.1) is 0 Å². The van der Waals surface area contributed by atoms with Crippen molar-refractivity contribution in [3.8, 4) is 0 Å². The number of aliphatic hydroxyl groups excluding tert-OH is 1. The Morgan fingerprint density at radius 1 is 1.55 bits per heavy atom. The Morgan fingerprint density at radius 3 is 2.90 bits per heavy atom. The highest BCUT2D eigenvalue weighted by molar-refractivity contribution is 7.91. The standard InChI is InChI=1S/C12H22N2O5S/c1-12(2-5-20(17,18)9-12)13-11(16)7-14-3-4-19-10(6-14)8-15/h10,15H,2-9H2,1H3,(H,13,16). The van der Waals surface area contributed by atoms with Crippen LogP contribution < -0.4 is 5.32 Å². The van der Waals surface area contributed by atoms with Crippen molar-refractivity contribution in [3.63, 3.8) is 0 Å². The van der Waals surface area contributed by atoms with Gasteiger partial charge in [0.05, 0.1) is 42.9 Å². The molecule has 1 amide bonds. The molecule has 2 fully saturated rings. The normalized spacial score (nSPS) is 34.0. The fraction of sp³-hybridized carbons (Fsp3) is 0.917. The Morgan fingerprint density at radius 2 is 2.30 bits per heavy atom. The van der Waals surface area contributed by atoms with Crippen molar-refractivity contribution >= 4 is 15.7 Å². The van der Waals surface area contributed by atoms with Crippen molar-refractivity contribution in [3.05, 3.63) is 0 Å². The van der Waals surface area contributed by atoms with Crippen LogP contribution in [-0.2, 0) is 19.4 Å². The zero-order chi connectivity index (χ0) is 14.8. The predicted molar refractivity (Wildman–Crippen MR) is 73.1 cm³/mol. The Balaban J connectivity index is 1.84. The number of hydrogen-bond donors (Lipinski definition) is 2. The van der Waals surface area contributed by atoms with Gasteiger partial charge in [-0.25, -0.2) is 8.42 Å². The number of morpholine rings is 1. The Kier molecular flexibility index (Phi) is 4.68. The summed E-state index contributed by atoms with van der Waals surface area (Å²) in [6.45, 7) is 3.55. The maximum Gasteiger partial charge on any atom is 0.234 e. The molecule has 0 radical (unpaired) electrons. The molecule has 20 heavy (non-hydrogen) atoms. The van der Waals surface area contributed by atoms with Crippen LogP contribution in [0.15, 0.2) is 0 Å². The Hall–Kier alpha value is -0.700. The number of hydrogen-bond acceptors (Lipinski definition) is 6. The minimum Gasteiger partial charge on any atom is -0.394 e. The topological polar surface area (TPSA) is 95.9 Å². The molecule has 0 aliphatic carbocycles. The van der Waals surface area contributed by atoms with Gasteiger partial charge >= 0.3 is 0 Å². The second-order valence-electron chi connectivity index (χ2n) is 5.86. The molecule has 0 bridgehead atoms. The quantitative estimate of drug-likeness (QED) is 0.648. The molecule has 0 spiro atoms. The first-order chi connectivity index (χ1) is 9.32. The molecule has 2 saturated heterocycles. The fourth-order valence-electron chi connectivity index (χ4n) is 2.72. The van der Waals surface area contributed by atoms with E-state index in [9.17, 15) is 13.2 Å². The van der Waals surface area contributed by atoms with Crippen molar-refractivity contribution in [1.29, 1.82) is 0 Å². The van der Waals surface area contributed by atoms with Crippen LogP contribution >= 0.6 is 0 Å². The van der Waals surface area contributed by atoms with E-state index in [0.29, 0.717) is 26.1 Å². The highest BCUT2D eigenvalue weighted by atomic mass is 32.2. The van der Waals surface area contributed by atoms with Gasteiger partial charge in [0.2, 0.25) is 5.91 Å². The van der Waals surface area contributed by atoms with Gasteiger partial charge in [-0.3, -0.25) is 9.69 Å². The summed E-state index contributed by atoms with van der Waals surface area (Å²) in [5.74, 6) is -0.0367. The molecule has 2 unspecified atom stereocenters. The zero-order valence-electron chi connectivity index (χ0n) is 11.7. The number of rotatable bonds is 4. The van der Waals surface area contributed by atoms with Gasteiger partial charge in [0.25, 0.3) is 0 Å². The lowest BCUT2D eigenvalue weighted by Gasteiger charge is -2.32. The summed E-state index contributed by atoms with van der Waals surface area (Å²) in [7, 11) is -3.03. The van der Waals surface area contributed by atoms with E-state index in [1.54, 1.807) is 6.92 Å². The number of aliphatic hydroxyl groups is 1. The monoisotopic (exact) mass is 306 g/mol. The molecular weight excluding hydrogens is 284 g/mol. The van der Waals surface area contributed by atoms with Crippen LogP contribution in [-0.4, -0.2) is 80.3 Å². The van der Waals surface area contributed by atoms with E-state index in [1.807, 2.05) is 4.90 Å². The maximum atomic E-state index is 12.0. The summed E-state index contributed by atoms with van der Waals surface area (Å²) in [4.78, 5) is 13.9. The molecule has 2 heterocycles. The molecule has 0 aromatic carbocycles. The van der Waals surface area contributed by atoms with E-state index < -0.39 is 15.4 Å². The Labute approximate surface area is 119 Å². The van der Waals surface area contributed by atoms with Crippen molar-refractivity contribution in [2.45, 2.75) is 25.0 Å². The third-order valence-corrected chi connectivity index (χ3v) is 5.64. The van der Waals surface area contributed by atoms with Crippen molar-refractivity contribution < 1.29 is 23.1 Å². The first kappa shape index (κ1) is 15.7. The van der Waals surface area contributed by atoms with E-state index >= 15 is 0 Å². The first-order valence-electron chi connectivity index (χ1n) is 6.78. The second-order valence-corrected chi connectivity index (χ2v) is 8.05. The van der Waals surface area contributed by atoms with E-state index in [2.05, 4.69) is 5.32 Å². The summed E-state index contributed by atoms with van der Waals surface area (Å²) in [6, 6.07) is 0. The minimum absolute atomic E-state index is 0.00805. The lowest BCUT2D eigenvalue weighted by atomic mass is 10.0. The van der Waals surface area contributed by atoms with E-state index in [1.165, 1.54) is 0 Å². The third-order valence-electron chi connectivity index (χ3n) is 3.74. The third kappa shape index (κ3) is 4.15. The number of carbonyl (C=O) groups excluding carboxylic acids is 1. The van der Waals surface area contributed by atoms with Crippen molar-refractivity contribution in [1.82, 2.24) is 10.2 Å². The molecule has 8 heteroatoms. The number of amides is 1. The number of nitrogens with zero attached hydrogens (tertiary/aromatic N) is 1. The molecule has 2 atom stereocenters. The molecule has 2 N–H and O–H groups in total. The summed E-state index contributed by atoms with van der Waals surface area (Å²) in [5, 5.41) is 11.9. The SMILES string of the molecule is CC1(NC(=O)CN2CCOC(CO)C2)CCS(=O)(=O)C1. The minimum atomic E-state index is -3.03.